The molecule has 2 aliphatic rings. The topological polar surface area (TPSA) is 154 Å². The second kappa shape index (κ2) is 12.0. The van der Waals surface area contributed by atoms with Gasteiger partial charge in [0.15, 0.2) is 23.6 Å². The Balaban J connectivity index is 1.54. The molecule has 5 unspecified atom stereocenters. The van der Waals surface area contributed by atoms with Crippen LogP contribution in [0.1, 0.15) is 24.4 Å². The van der Waals surface area contributed by atoms with E-state index < -0.39 is 72.6 Å². The summed E-state index contributed by atoms with van der Waals surface area (Å²) in [7, 11) is 1.26. The summed E-state index contributed by atoms with van der Waals surface area (Å²) < 4.78 is 53.8. The fourth-order valence-corrected chi connectivity index (χ4v) is 5.51. The Bertz CT molecular complexity index is 1510. The van der Waals surface area contributed by atoms with Crippen molar-refractivity contribution in [2.24, 2.45) is 0 Å². The van der Waals surface area contributed by atoms with Crippen LogP contribution >= 0.6 is 11.6 Å². The van der Waals surface area contributed by atoms with E-state index in [0.29, 0.717) is 12.8 Å². The SMILES string of the molecule is COC1C(C(=O)N(c2cc(Cl)cc(C#N)c2)[C@@H]2CC[C@H]2O)OC(CO)C(O)C1n1cc(-c2cc(F)c(F)c(F)c2)nn1. The minimum absolute atomic E-state index is 0.0769. The number of anilines is 1. The molecule has 1 aliphatic heterocycles. The van der Waals surface area contributed by atoms with Crippen LogP contribution in [0.4, 0.5) is 18.9 Å². The molecule has 222 valence electrons. The molecular formula is C27H25ClF3N5O6. The fraction of sp³-hybridized carbons (Fsp3) is 0.407. The Hall–Kier alpha value is -3.58. The zero-order valence-electron chi connectivity index (χ0n) is 21.9. The second-order valence-electron chi connectivity index (χ2n) is 10.0. The number of carbonyl (C=O) groups is 1. The van der Waals surface area contributed by atoms with E-state index in [9.17, 15) is 38.5 Å². The maximum absolute atomic E-state index is 14.2. The number of benzene rings is 2. The van der Waals surface area contributed by atoms with Crippen LogP contribution in [0.3, 0.4) is 0 Å². The first kappa shape index (κ1) is 29.9. The van der Waals surface area contributed by atoms with Gasteiger partial charge in [-0.05, 0) is 43.2 Å². The van der Waals surface area contributed by atoms with Crippen molar-refractivity contribution in [1.82, 2.24) is 15.0 Å². The smallest absolute Gasteiger partial charge is 0.259 e. The molecule has 0 radical (unpaired) electrons. The average molecular weight is 608 g/mol. The van der Waals surface area contributed by atoms with Crippen molar-refractivity contribution in [3.63, 3.8) is 0 Å². The summed E-state index contributed by atoms with van der Waals surface area (Å²) >= 11 is 6.21. The molecule has 1 amide bonds. The largest absolute Gasteiger partial charge is 0.394 e. The molecule has 1 saturated carbocycles. The minimum Gasteiger partial charge on any atom is -0.394 e. The lowest BCUT2D eigenvalue weighted by atomic mass is 9.85. The Morgan fingerprint density at radius 3 is 2.50 bits per heavy atom. The summed E-state index contributed by atoms with van der Waals surface area (Å²) in [4.78, 5) is 15.5. The Labute approximate surface area is 242 Å². The predicted octanol–water partition coefficient (Wildman–Crippen LogP) is 2.12. The highest BCUT2D eigenvalue weighted by Crippen LogP contribution is 2.38. The molecule has 7 atom stereocenters. The van der Waals surface area contributed by atoms with E-state index in [1.54, 1.807) is 0 Å². The maximum Gasteiger partial charge on any atom is 0.259 e. The van der Waals surface area contributed by atoms with Gasteiger partial charge >= 0.3 is 0 Å². The van der Waals surface area contributed by atoms with Crippen LogP contribution in [0, 0.1) is 28.8 Å². The van der Waals surface area contributed by atoms with E-state index in [4.69, 9.17) is 21.1 Å². The predicted molar refractivity (Wildman–Crippen MR) is 140 cm³/mol. The summed E-state index contributed by atoms with van der Waals surface area (Å²) in [5.74, 6) is -5.24. The molecule has 1 aliphatic carbocycles. The number of amides is 1. The molecule has 2 fully saturated rings. The van der Waals surface area contributed by atoms with Crippen LogP contribution in [-0.2, 0) is 14.3 Å². The Morgan fingerprint density at radius 2 is 1.93 bits per heavy atom. The number of rotatable bonds is 7. The van der Waals surface area contributed by atoms with Crippen molar-refractivity contribution in [1.29, 1.82) is 5.26 Å². The Morgan fingerprint density at radius 1 is 1.21 bits per heavy atom. The lowest BCUT2D eigenvalue weighted by molar-refractivity contribution is -0.211. The van der Waals surface area contributed by atoms with Gasteiger partial charge in [0, 0.05) is 23.4 Å². The summed E-state index contributed by atoms with van der Waals surface area (Å²) in [5, 5.41) is 49.1. The number of aromatic nitrogens is 3. The maximum atomic E-state index is 14.2. The lowest BCUT2D eigenvalue weighted by Gasteiger charge is -2.47. The molecule has 3 N–H and O–H groups in total. The van der Waals surface area contributed by atoms with E-state index >= 15 is 0 Å². The number of hydrogen-bond acceptors (Lipinski definition) is 9. The molecule has 0 bridgehead atoms. The minimum atomic E-state index is -1.65. The molecule has 5 rings (SSSR count). The van der Waals surface area contributed by atoms with E-state index in [0.717, 1.165) is 16.8 Å². The van der Waals surface area contributed by atoms with Gasteiger partial charge in [0.25, 0.3) is 5.91 Å². The van der Waals surface area contributed by atoms with Crippen molar-refractivity contribution in [3.05, 3.63) is 64.6 Å². The summed E-state index contributed by atoms with van der Waals surface area (Å²) in [6.07, 6.45) is -4.37. The van der Waals surface area contributed by atoms with Gasteiger partial charge in [0.2, 0.25) is 0 Å². The lowest BCUT2D eigenvalue weighted by Crippen LogP contribution is -2.64. The van der Waals surface area contributed by atoms with Crippen molar-refractivity contribution >= 4 is 23.2 Å². The molecule has 2 aromatic carbocycles. The quantitative estimate of drug-likeness (QED) is 0.343. The van der Waals surface area contributed by atoms with E-state index in [1.165, 1.54) is 36.4 Å². The van der Waals surface area contributed by atoms with Crippen LogP contribution in [0.25, 0.3) is 11.3 Å². The number of methoxy groups -OCH3 is 1. The number of ether oxygens (including phenoxy) is 2. The first-order chi connectivity index (χ1) is 20.1. The number of nitriles is 1. The standard InChI is InChI=1S/C27H25ClF3N5O6/c1-41-25-23(35-10-18(33-34-35)13-6-16(29)22(31)17(30)7-13)24(39)21(11-37)42-26(25)27(40)36(19-2-3-20(19)38)15-5-12(9-32)4-14(28)8-15/h4-8,10,19-21,23-26,37-39H,2-3,11H2,1H3/t19-,20-,21?,23?,24?,25?,26?/m1/s1. The average Bonchev–Trinajstić information content (AvgIpc) is 3.46. The molecule has 42 heavy (non-hydrogen) atoms. The number of carbonyl (C=O) groups excluding carboxylic acids is 1. The first-order valence-corrected chi connectivity index (χ1v) is 13.2. The van der Waals surface area contributed by atoms with Crippen LogP contribution in [0.5, 0.6) is 0 Å². The summed E-state index contributed by atoms with van der Waals surface area (Å²) in [6.45, 7) is -0.713. The second-order valence-corrected chi connectivity index (χ2v) is 10.5. The number of aliphatic hydroxyl groups excluding tert-OH is 3. The summed E-state index contributed by atoms with van der Waals surface area (Å²) in [5.41, 5.74) is 0.172. The monoisotopic (exact) mass is 607 g/mol. The van der Waals surface area contributed by atoms with Gasteiger partial charge in [0.05, 0.1) is 36.6 Å². The van der Waals surface area contributed by atoms with Gasteiger partial charge in [-0.3, -0.25) is 4.79 Å². The zero-order valence-corrected chi connectivity index (χ0v) is 22.7. The fourth-order valence-electron chi connectivity index (χ4n) is 5.28. The molecule has 2 heterocycles. The third-order valence-corrected chi connectivity index (χ3v) is 7.76. The molecule has 15 heteroatoms. The van der Waals surface area contributed by atoms with Gasteiger partial charge in [-0.25, -0.2) is 17.9 Å². The highest BCUT2D eigenvalue weighted by Gasteiger charge is 2.52. The van der Waals surface area contributed by atoms with Crippen molar-refractivity contribution in [2.45, 2.75) is 55.4 Å². The van der Waals surface area contributed by atoms with Crippen molar-refractivity contribution in [2.75, 3.05) is 18.6 Å². The normalized spacial score (nSPS) is 27.3. The molecule has 3 aromatic rings. The van der Waals surface area contributed by atoms with Gasteiger partial charge < -0.3 is 29.7 Å². The van der Waals surface area contributed by atoms with Gasteiger partial charge in [-0.1, -0.05) is 16.8 Å². The van der Waals surface area contributed by atoms with Crippen LogP contribution in [-0.4, -0.2) is 86.5 Å². The molecule has 11 nitrogen and oxygen atoms in total. The van der Waals surface area contributed by atoms with Crippen LogP contribution < -0.4 is 4.90 Å². The molecule has 1 aromatic heterocycles. The highest BCUT2D eigenvalue weighted by atomic mass is 35.5. The highest BCUT2D eigenvalue weighted by molar-refractivity contribution is 6.31. The summed E-state index contributed by atoms with van der Waals surface area (Å²) in [6, 6.07) is 5.82. The van der Waals surface area contributed by atoms with Gasteiger partial charge in [0.1, 0.15) is 30.0 Å². The third-order valence-electron chi connectivity index (χ3n) is 7.54. The van der Waals surface area contributed by atoms with E-state index in [1.807, 2.05) is 6.07 Å². The van der Waals surface area contributed by atoms with Crippen LogP contribution in [0.15, 0.2) is 36.5 Å². The molecule has 1 saturated heterocycles. The van der Waals surface area contributed by atoms with Crippen molar-refractivity contribution < 1.29 is 42.8 Å². The number of hydrogen-bond donors (Lipinski definition) is 3. The first-order valence-electron chi connectivity index (χ1n) is 12.8. The van der Waals surface area contributed by atoms with E-state index in [-0.39, 0.29) is 27.5 Å². The van der Waals surface area contributed by atoms with Gasteiger partial charge in [-0.2, -0.15) is 5.26 Å². The van der Waals surface area contributed by atoms with Crippen molar-refractivity contribution in [3.8, 4) is 17.3 Å². The molecular weight excluding hydrogens is 583 g/mol. The third kappa shape index (κ3) is 5.35. The molecule has 0 spiro atoms. The van der Waals surface area contributed by atoms with Gasteiger partial charge in [-0.15, -0.1) is 5.10 Å². The number of nitrogens with zero attached hydrogens (tertiary/aromatic N) is 5. The van der Waals surface area contributed by atoms with Crippen LogP contribution in [0.2, 0.25) is 5.02 Å². The van der Waals surface area contributed by atoms with E-state index in [2.05, 4.69) is 10.3 Å². The Kier molecular flexibility index (Phi) is 8.51. The number of halogens is 4. The number of aliphatic hydroxyl groups is 3. The zero-order chi connectivity index (χ0) is 30.3.